The monoisotopic (exact) mass is 592 g/mol. The zero-order valence-electron chi connectivity index (χ0n) is 21.3. The second-order valence-electron chi connectivity index (χ2n) is 8.52. The third-order valence-corrected chi connectivity index (χ3v) is 5.89. The van der Waals surface area contributed by atoms with Gasteiger partial charge in [-0.05, 0) is 35.9 Å². The summed E-state index contributed by atoms with van der Waals surface area (Å²) in [5.41, 5.74) is 2.41. The summed E-state index contributed by atoms with van der Waals surface area (Å²) in [6.07, 6.45) is -1.19. The first-order valence-electron chi connectivity index (χ1n) is 11.6. The molecule has 8 nitrogen and oxygen atoms in total. The first-order valence-corrected chi connectivity index (χ1v) is 11.6. The minimum Gasteiger partial charge on any atom is -0.516 e. The summed E-state index contributed by atoms with van der Waals surface area (Å²) in [7, 11) is 3.14. The van der Waals surface area contributed by atoms with Crippen molar-refractivity contribution in [2.45, 2.75) is 19.4 Å². The van der Waals surface area contributed by atoms with Crippen molar-refractivity contribution in [1.29, 1.82) is 0 Å². The van der Waals surface area contributed by atoms with Gasteiger partial charge in [-0.25, -0.2) is 4.79 Å². The number of ketones is 1. The standard InChI is InChI=1S/C29H27O8.Y/c1-17-9-20-10-21(29(33)37-28(20)14-27(17)36-16-22(31)15-30)13-25(32)19-7-8-26(35-3)24(12-19)18-5-4-6-23(11-18)34-2;/h4-12,22,30-31H,13,15-16H2,1-3H3;/q-1;. The van der Waals surface area contributed by atoms with Crippen LogP contribution < -0.4 is 19.8 Å². The van der Waals surface area contributed by atoms with Gasteiger partial charge in [-0.15, -0.1) is 5.56 Å². The molecule has 0 aliphatic carbocycles. The number of fused-ring (bicyclic) bond motifs is 1. The summed E-state index contributed by atoms with van der Waals surface area (Å²) in [6, 6.07) is 18.8. The van der Waals surface area contributed by atoms with Crippen LogP contribution in [0.3, 0.4) is 0 Å². The Labute approximate surface area is 245 Å². The van der Waals surface area contributed by atoms with Crippen molar-refractivity contribution in [3.05, 3.63) is 87.8 Å². The van der Waals surface area contributed by atoms with Crippen molar-refractivity contribution in [3.63, 3.8) is 0 Å². The molecular formula is C29H27O8Y-. The fourth-order valence-corrected chi connectivity index (χ4v) is 3.91. The number of carbonyl (C=O) groups excluding carboxylic acids is 1. The molecule has 1 atom stereocenters. The molecule has 1 heterocycles. The van der Waals surface area contributed by atoms with Crippen molar-refractivity contribution >= 4 is 16.8 Å². The number of aliphatic hydroxyl groups excluding tert-OH is 2. The number of aliphatic hydroxyl groups is 2. The molecule has 0 saturated heterocycles. The zero-order chi connectivity index (χ0) is 26.5. The summed E-state index contributed by atoms with van der Waals surface area (Å²) in [5.74, 6) is 1.33. The van der Waals surface area contributed by atoms with Gasteiger partial charge in [-0.2, -0.15) is 6.07 Å². The topological polar surface area (TPSA) is 115 Å². The molecule has 0 saturated carbocycles. The van der Waals surface area contributed by atoms with Crippen LogP contribution in [0.15, 0.2) is 63.8 Å². The van der Waals surface area contributed by atoms with Gasteiger partial charge in [0.2, 0.25) is 0 Å². The van der Waals surface area contributed by atoms with E-state index in [1.807, 2.05) is 24.3 Å². The fourth-order valence-electron chi connectivity index (χ4n) is 3.91. The Hall–Kier alpha value is -3.04. The van der Waals surface area contributed by atoms with E-state index in [9.17, 15) is 14.7 Å². The largest absolute Gasteiger partial charge is 0.516 e. The molecule has 1 aromatic heterocycles. The molecule has 4 rings (SSSR count). The number of benzene rings is 3. The molecule has 4 aromatic rings. The summed E-state index contributed by atoms with van der Waals surface area (Å²) in [6.45, 7) is 1.22. The molecule has 0 amide bonds. The van der Waals surface area contributed by atoms with Crippen LogP contribution in [0.4, 0.5) is 0 Å². The van der Waals surface area contributed by atoms with E-state index < -0.39 is 18.3 Å². The van der Waals surface area contributed by atoms with Crippen LogP contribution in [0.5, 0.6) is 17.2 Å². The minimum atomic E-state index is -1.04. The van der Waals surface area contributed by atoms with E-state index >= 15 is 0 Å². The molecule has 0 spiro atoms. The molecule has 0 bridgehead atoms. The normalized spacial score (nSPS) is 11.5. The first-order chi connectivity index (χ1) is 17.8. The summed E-state index contributed by atoms with van der Waals surface area (Å²) in [5, 5.41) is 19.1. The SMILES string of the molecule is COc1cccc(-c2cc(C(=O)Cc3cc4cc(C)c(OCC(O)CO)[c-]c4oc3=O)ccc2OC)c1.[Y]. The average molecular weight is 592 g/mol. The summed E-state index contributed by atoms with van der Waals surface area (Å²) in [4.78, 5) is 25.9. The molecule has 1 radical (unpaired) electrons. The predicted octanol–water partition coefficient (Wildman–Crippen LogP) is 3.74. The molecule has 0 aliphatic rings. The van der Waals surface area contributed by atoms with E-state index in [1.165, 1.54) is 0 Å². The molecule has 9 heteroatoms. The second kappa shape index (κ2) is 13.2. The Morgan fingerprint density at radius 2 is 1.87 bits per heavy atom. The second-order valence-corrected chi connectivity index (χ2v) is 8.52. The zero-order valence-corrected chi connectivity index (χ0v) is 24.2. The van der Waals surface area contributed by atoms with Crippen molar-refractivity contribution in [1.82, 2.24) is 0 Å². The molecule has 38 heavy (non-hydrogen) atoms. The van der Waals surface area contributed by atoms with Crippen molar-refractivity contribution < 1.29 is 66.3 Å². The predicted molar refractivity (Wildman–Crippen MR) is 138 cm³/mol. The number of hydrogen-bond acceptors (Lipinski definition) is 8. The van der Waals surface area contributed by atoms with Gasteiger partial charge in [0.05, 0.1) is 20.8 Å². The molecule has 1 unspecified atom stereocenters. The number of aryl methyl sites for hydroxylation is 1. The maximum absolute atomic E-state index is 13.2. The van der Waals surface area contributed by atoms with Gasteiger partial charge in [0.1, 0.15) is 24.2 Å². The quantitative estimate of drug-likeness (QED) is 0.163. The van der Waals surface area contributed by atoms with Gasteiger partial charge in [-0.3, -0.25) is 4.79 Å². The van der Waals surface area contributed by atoms with E-state index in [0.29, 0.717) is 33.8 Å². The molecule has 2 N–H and O–H groups in total. The van der Waals surface area contributed by atoms with Crippen molar-refractivity contribution in [2.75, 3.05) is 27.4 Å². The average Bonchev–Trinajstić information content (AvgIpc) is 2.92. The van der Waals surface area contributed by atoms with Crippen LogP contribution in [-0.4, -0.2) is 49.5 Å². The van der Waals surface area contributed by atoms with E-state index in [1.54, 1.807) is 51.5 Å². The Morgan fingerprint density at radius 3 is 2.58 bits per heavy atom. The van der Waals surface area contributed by atoms with Gasteiger partial charge in [0.25, 0.3) is 0 Å². The molecule has 0 fully saturated rings. The van der Waals surface area contributed by atoms with Crippen LogP contribution in [0.1, 0.15) is 21.5 Å². The fraction of sp³-hybridized carbons (Fsp3) is 0.241. The maximum atomic E-state index is 13.2. The number of methoxy groups -OCH3 is 2. The Balaban J connectivity index is 0.00000400. The third kappa shape index (κ3) is 6.69. The van der Waals surface area contributed by atoms with E-state index in [2.05, 4.69) is 6.07 Å². The number of carbonyl (C=O) groups is 1. The maximum Gasteiger partial charge on any atom is 0.336 e. The van der Waals surface area contributed by atoms with Gasteiger partial charge in [-0.1, -0.05) is 36.6 Å². The van der Waals surface area contributed by atoms with E-state index in [4.69, 9.17) is 23.7 Å². The molecule has 3 aromatic carbocycles. The third-order valence-electron chi connectivity index (χ3n) is 5.89. The molecule has 195 valence electrons. The summed E-state index contributed by atoms with van der Waals surface area (Å²) >= 11 is 0. The van der Waals surface area contributed by atoms with Gasteiger partial charge >= 0.3 is 5.63 Å². The van der Waals surface area contributed by atoms with Gasteiger partial charge in [0.15, 0.2) is 5.78 Å². The van der Waals surface area contributed by atoms with Gasteiger partial charge < -0.3 is 28.8 Å². The number of hydrogen-bond donors (Lipinski definition) is 2. The number of ether oxygens (including phenoxy) is 3. The van der Waals surface area contributed by atoms with Crippen molar-refractivity contribution in [2.24, 2.45) is 0 Å². The Kier molecular flexibility index (Phi) is 10.2. The van der Waals surface area contributed by atoms with Crippen molar-refractivity contribution in [3.8, 4) is 28.4 Å². The van der Waals surface area contributed by atoms with Crippen LogP contribution in [0.25, 0.3) is 22.1 Å². The first kappa shape index (κ1) is 29.5. The van der Waals surface area contributed by atoms with Crippen LogP contribution in [0, 0.1) is 13.0 Å². The molecule has 0 aliphatic heterocycles. The summed E-state index contributed by atoms with van der Waals surface area (Å²) < 4.78 is 21.7. The van der Waals surface area contributed by atoms with Crippen LogP contribution in [0.2, 0.25) is 0 Å². The van der Waals surface area contributed by atoms with Gasteiger partial charge in [0, 0.05) is 67.2 Å². The smallest absolute Gasteiger partial charge is 0.336 e. The Bertz CT molecular complexity index is 1490. The minimum absolute atomic E-state index is 0. The van der Waals surface area contributed by atoms with E-state index in [0.717, 1.165) is 11.1 Å². The van der Waals surface area contributed by atoms with Crippen LogP contribution in [-0.2, 0) is 39.1 Å². The Morgan fingerprint density at radius 1 is 1.08 bits per heavy atom. The number of rotatable bonds is 10. The number of Topliss-reactive ketones (excluding diaryl/α,β-unsaturated/α-hetero) is 1. The van der Waals surface area contributed by atoms with Crippen LogP contribution >= 0.6 is 0 Å². The molecular weight excluding hydrogens is 565 g/mol. The van der Waals surface area contributed by atoms with E-state index in [-0.39, 0.29) is 62.7 Å².